The maximum atomic E-state index is 12.7. The van der Waals surface area contributed by atoms with Crippen molar-refractivity contribution in [2.45, 2.75) is 26.5 Å². The fraction of sp³-hybridized carbons (Fsp3) is 0.444. The molecule has 3 rings (SSSR count). The highest BCUT2D eigenvalue weighted by atomic mass is 32.1. The largest absolute Gasteiger partial charge is 0.487 e. The number of hydrogen-bond donors (Lipinski definition) is 0. The van der Waals surface area contributed by atoms with Crippen LogP contribution in [0.2, 0.25) is 0 Å². The van der Waals surface area contributed by atoms with Gasteiger partial charge >= 0.3 is 0 Å². The molecule has 0 bridgehead atoms. The molecule has 6 heteroatoms. The zero-order valence-corrected chi connectivity index (χ0v) is 15.2. The van der Waals surface area contributed by atoms with Crippen molar-refractivity contribution in [1.29, 1.82) is 0 Å². The molecule has 1 aromatic carbocycles. The van der Waals surface area contributed by atoms with Crippen molar-refractivity contribution in [3.05, 3.63) is 45.9 Å². The minimum atomic E-state index is 0.0947. The van der Waals surface area contributed by atoms with Gasteiger partial charge < -0.3 is 14.5 Å². The number of piperazine rings is 1. The lowest BCUT2D eigenvalue weighted by Crippen LogP contribution is -2.52. The number of aryl methyl sites for hydroxylation is 1. The Kier molecular flexibility index (Phi) is 5.16. The molecule has 128 valence electrons. The molecule has 0 spiro atoms. The topological polar surface area (TPSA) is 45.7 Å². The highest BCUT2D eigenvalue weighted by molar-refractivity contribution is 7.09. The molecule has 0 saturated carbocycles. The molecular formula is C18H23N3O2S. The molecular weight excluding hydrogens is 322 g/mol. The van der Waals surface area contributed by atoms with Gasteiger partial charge in [-0.15, -0.1) is 11.3 Å². The van der Waals surface area contributed by atoms with Gasteiger partial charge in [-0.25, -0.2) is 4.98 Å². The van der Waals surface area contributed by atoms with Crippen molar-refractivity contribution >= 4 is 17.2 Å². The van der Waals surface area contributed by atoms with Gasteiger partial charge in [0.15, 0.2) is 0 Å². The molecule has 0 N–H and O–H groups in total. The van der Waals surface area contributed by atoms with E-state index in [0.717, 1.165) is 36.1 Å². The van der Waals surface area contributed by atoms with E-state index in [9.17, 15) is 4.79 Å². The second-order valence-electron chi connectivity index (χ2n) is 6.28. The molecule has 0 radical (unpaired) electrons. The number of amides is 1. The van der Waals surface area contributed by atoms with E-state index in [1.807, 2.05) is 41.5 Å². The average molecular weight is 345 g/mol. The van der Waals surface area contributed by atoms with Crippen LogP contribution in [-0.4, -0.2) is 53.4 Å². The summed E-state index contributed by atoms with van der Waals surface area (Å²) in [5.74, 6) is 0.848. The summed E-state index contributed by atoms with van der Waals surface area (Å²) in [6.45, 7) is 7.14. The van der Waals surface area contributed by atoms with Crippen LogP contribution in [0.1, 0.15) is 28.0 Å². The predicted octanol–water partition coefficient (Wildman–Crippen LogP) is 2.81. The molecule has 1 aliphatic rings. The van der Waals surface area contributed by atoms with E-state index in [0.29, 0.717) is 12.2 Å². The van der Waals surface area contributed by atoms with Gasteiger partial charge in [0.1, 0.15) is 12.4 Å². The van der Waals surface area contributed by atoms with Gasteiger partial charge in [0.05, 0.1) is 10.7 Å². The van der Waals surface area contributed by atoms with Crippen molar-refractivity contribution in [3.8, 4) is 5.75 Å². The third kappa shape index (κ3) is 3.94. The summed E-state index contributed by atoms with van der Waals surface area (Å²) in [6.07, 6.45) is 0. The Morgan fingerprint density at radius 2 is 2.08 bits per heavy atom. The second kappa shape index (κ2) is 7.32. The normalized spacial score (nSPS) is 18.6. The highest BCUT2D eigenvalue weighted by Gasteiger charge is 2.26. The van der Waals surface area contributed by atoms with E-state index in [1.54, 1.807) is 11.3 Å². The van der Waals surface area contributed by atoms with Crippen molar-refractivity contribution in [2.24, 2.45) is 0 Å². The van der Waals surface area contributed by atoms with Gasteiger partial charge in [0.2, 0.25) is 0 Å². The molecule has 24 heavy (non-hydrogen) atoms. The van der Waals surface area contributed by atoms with E-state index < -0.39 is 0 Å². The molecule has 0 unspecified atom stereocenters. The van der Waals surface area contributed by atoms with E-state index in [1.165, 1.54) is 0 Å². The third-order valence-electron chi connectivity index (χ3n) is 4.25. The van der Waals surface area contributed by atoms with Gasteiger partial charge in [0, 0.05) is 36.6 Å². The first-order valence-corrected chi connectivity index (χ1v) is 9.04. The lowest BCUT2D eigenvalue weighted by molar-refractivity contribution is 0.0533. The minimum absolute atomic E-state index is 0.0947. The number of carbonyl (C=O) groups excluding carboxylic acids is 1. The van der Waals surface area contributed by atoms with Crippen LogP contribution in [0.25, 0.3) is 0 Å². The fourth-order valence-electron chi connectivity index (χ4n) is 2.93. The summed E-state index contributed by atoms with van der Waals surface area (Å²) in [5, 5.41) is 3.04. The van der Waals surface area contributed by atoms with Gasteiger partial charge in [-0.05, 0) is 45.2 Å². The predicted molar refractivity (Wildman–Crippen MR) is 95.6 cm³/mol. The summed E-state index contributed by atoms with van der Waals surface area (Å²) in [7, 11) is 2.09. The Bertz CT molecular complexity index is 699. The van der Waals surface area contributed by atoms with Crippen LogP contribution in [0.4, 0.5) is 0 Å². The highest BCUT2D eigenvalue weighted by Crippen LogP contribution is 2.18. The molecule has 0 aliphatic carbocycles. The Balaban J connectivity index is 1.60. The zero-order valence-electron chi connectivity index (χ0n) is 14.4. The maximum absolute atomic E-state index is 12.7. The second-order valence-corrected chi connectivity index (χ2v) is 7.34. The molecule has 1 aromatic heterocycles. The maximum Gasteiger partial charge on any atom is 0.254 e. The van der Waals surface area contributed by atoms with Crippen molar-refractivity contribution in [3.63, 3.8) is 0 Å². The molecule has 1 saturated heterocycles. The van der Waals surface area contributed by atoms with Gasteiger partial charge in [-0.3, -0.25) is 4.79 Å². The van der Waals surface area contributed by atoms with Crippen LogP contribution in [0.3, 0.4) is 0 Å². The Morgan fingerprint density at radius 1 is 1.33 bits per heavy atom. The summed E-state index contributed by atoms with van der Waals surface area (Å²) < 4.78 is 5.73. The Labute approximate surface area is 146 Å². The number of carbonyl (C=O) groups is 1. The number of likely N-dealkylation sites (N-methyl/N-ethyl adjacent to an activating group) is 1. The van der Waals surface area contributed by atoms with Crippen LogP contribution < -0.4 is 4.74 Å². The Morgan fingerprint density at radius 3 is 2.71 bits per heavy atom. The van der Waals surface area contributed by atoms with Gasteiger partial charge in [-0.1, -0.05) is 0 Å². The number of benzene rings is 1. The van der Waals surface area contributed by atoms with Crippen LogP contribution in [0, 0.1) is 6.92 Å². The molecule has 1 aliphatic heterocycles. The van der Waals surface area contributed by atoms with Gasteiger partial charge in [0.25, 0.3) is 5.91 Å². The van der Waals surface area contributed by atoms with E-state index in [2.05, 4.69) is 23.9 Å². The molecule has 1 atom stereocenters. The first-order valence-electron chi connectivity index (χ1n) is 8.16. The number of nitrogens with zero attached hydrogens (tertiary/aromatic N) is 3. The number of hydrogen-bond acceptors (Lipinski definition) is 5. The molecule has 2 aromatic rings. The summed E-state index contributed by atoms with van der Waals surface area (Å²) in [4.78, 5) is 21.3. The van der Waals surface area contributed by atoms with Crippen LogP contribution in [-0.2, 0) is 6.61 Å². The fourth-order valence-corrected chi connectivity index (χ4v) is 3.53. The number of thiazole rings is 1. The first-order chi connectivity index (χ1) is 11.5. The van der Waals surface area contributed by atoms with Crippen molar-refractivity contribution < 1.29 is 9.53 Å². The van der Waals surface area contributed by atoms with Crippen molar-refractivity contribution in [2.75, 3.05) is 26.7 Å². The van der Waals surface area contributed by atoms with Crippen LogP contribution >= 0.6 is 11.3 Å². The van der Waals surface area contributed by atoms with Crippen LogP contribution in [0.5, 0.6) is 5.75 Å². The number of rotatable bonds is 4. The lowest BCUT2D eigenvalue weighted by atomic mass is 10.1. The van der Waals surface area contributed by atoms with Gasteiger partial charge in [-0.2, -0.15) is 0 Å². The summed E-state index contributed by atoms with van der Waals surface area (Å²) >= 11 is 1.62. The monoisotopic (exact) mass is 345 g/mol. The minimum Gasteiger partial charge on any atom is -0.487 e. The Hall–Kier alpha value is -1.92. The third-order valence-corrected chi connectivity index (χ3v) is 5.07. The van der Waals surface area contributed by atoms with E-state index >= 15 is 0 Å². The summed E-state index contributed by atoms with van der Waals surface area (Å²) in [5.41, 5.74) is 1.65. The molecule has 2 heterocycles. The standard InChI is InChI=1S/C18H23N3O2S/c1-13-10-20(3)8-9-21(13)18(22)15-4-6-17(7-5-15)23-11-16-12-24-14(2)19-16/h4-7,12-13H,8-11H2,1-3H3/t13-/m0/s1. The number of aromatic nitrogens is 1. The molecule has 1 fully saturated rings. The molecule has 1 amide bonds. The smallest absolute Gasteiger partial charge is 0.254 e. The van der Waals surface area contributed by atoms with Crippen LogP contribution in [0.15, 0.2) is 29.6 Å². The van der Waals surface area contributed by atoms with Crippen molar-refractivity contribution in [1.82, 2.24) is 14.8 Å². The summed E-state index contributed by atoms with van der Waals surface area (Å²) in [6, 6.07) is 7.63. The SMILES string of the molecule is Cc1nc(COc2ccc(C(=O)N3CCN(C)C[C@@H]3C)cc2)cs1. The molecule has 5 nitrogen and oxygen atoms in total. The number of ether oxygens (including phenoxy) is 1. The quantitative estimate of drug-likeness (QED) is 0.855. The lowest BCUT2D eigenvalue weighted by Gasteiger charge is -2.38. The van der Waals surface area contributed by atoms with E-state index in [4.69, 9.17) is 4.74 Å². The van der Waals surface area contributed by atoms with E-state index in [-0.39, 0.29) is 11.9 Å². The first kappa shape index (κ1) is 16.9. The zero-order chi connectivity index (χ0) is 17.1. The average Bonchev–Trinajstić information content (AvgIpc) is 2.98.